The van der Waals surface area contributed by atoms with E-state index in [1.807, 2.05) is 13.1 Å². The van der Waals surface area contributed by atoms with Crippen molar-refractivity contribution in [2.75, 3.05) is 7.05 Å². The maximum Gasteiger partial charge on any atom is 0.0410 e. The van der Waals surface area contributed by atoms with Gasteiger partial charge in [0.25, 0.3) is 0 Å². The van der Waals surface area contributed by atoms with E-state index in [2.05, 4.69) is 32.8 Å². The van der Waals surface area contributed by atoms with Crippen molar-refractivity contribution >= 4 is 21.6 Å². The molecule has 0 unspecified atom stereocenters. The summed E-state index contributed by atoms with van der Waals surface area (Å²) >= 11 is 3.33. The molecule has 0 saturated heterocycles. The topological polar surface area (TPSA) is 24.9 Å². The summed E-state index contributed by atoms with van der Waals surface area (Å²) in [6, 6.07) is 1.96. The van der Waals surface area contributed by atoms with Gasteiger partial charge < -0.3 is 5.32 Å². The average molecular weight is 213 g/mol. The molecule has 1 rings (SSSR count). The van der Waals surface area contributed by atoms with Crippen LogP contribution < -0.4 is 5.32 Å². The molecular formula is C8H9BrN2. The minimum absolute atomic E-state index is 0.874. The lowest BCUT2D eigenvalue weighted by Gasteiger charge is -2.03. The molecule has 0 amide bonds. The number of halogens is 1. The molecule has 3 heteroatoms. The summed E-state index contributed by atoms with van der Waals surface area (Å²) in [7, 11) is 1.84. The summed E-state index contributed by atoms with van der Waals surface area (Å²) < 4.78 is 0.964. The van der Waals surface area contributed by atoms with Gasteiger partial charge in [-0.3, -0.25) is 4.98 Å². The minimum Gasteiger partial charge on any atom is -0.388 e. The Kier molecular flexibility index (Phi) is 2.65. The van der Waals surface area contributed by atoms with E-state index in [1.54, 1.807) is 12.4 Å². The van der Waals surface area contributed by atoms with Gasteiger partial charge in [-0.25, -0.2) is 0 Å². The van der Waals surface area contributed by atoms with Gasteiger partial charge in [-0.05, 0) is 22.0 Å². The lowest BCUT2D eigenvalue weighted by molar-refractivity contribution is 1.12. The molecule has 1 aromatic rings. The highest BCUT2D eigenvalue weighted by molar-refractivity contribution is 9.10. The second-order valence-corrected chi connectivity index (χ2v) is 3.04. The lowest BCUT2D eigenvalue weighted by atomic mass is 10.2. The van der Waals surface area contributed by atoms with Crippen LogP contribution in [0.4, 0.5) is 0 Å². The van der Waals surface area contributed by atoms with Crippen molar-refractivity contribution in [3.8, 4) is 0 Å². The van der Waals surface area contributed by atoms with Crippen LogP contribution in [0.2, 0.25) is 0 Å². The van der Waals surface area contributed by atoms with E-state index >= 15 is 0 Å². The molecule has 11 heavy (non-hydrogen) atoms. The number of aromatic nitrogens is 1. The number of nitrogens with one attached hydrogen (secondary N) is 1. The van der Waals surface area contributed by atoms with Crippen LogP contribution in [0.25, 0.3) is 5.70 Å². The maximum absolute atomic E-state index is 4.01. The molecular weight excluding hydrogens is 204 g/mol. The third-order valence-electron chi connectivity index (χ3n) is 1.36. The Morgan fingerprint density at radius 2 is 2.36 bits per heavy atom. The minimum atomic E-state index is 0.874. The molecule has 0 aliphatic heterocycles. The molecule has 0 fully saturated rings. The van der Waals surface area contributed by atoms with Crippen LogP contribution in [-0.2, 0) is 0 Å². The van der Waals surface area contributed by atoms with Gasteiger partial charge in [0.05, 0.1) is 0 Å². The third kappa shape index (κ3) is 2.05. The predicted octanol–water partition coefficient (Wildman–Crippen LogP) is 2.03. The van der Waals surface area contributed by atoms with Crippen LogP contribution in [0, 0.1) is 0 Å². The molecule has 0 bridgehead atoms. The van der Waals surface area contributed by atoms with Crippen LogP contribution >= 0.6 is 15.9 Å². The maximum atomic E-state index is 4.01. The quantitative estimate of drug-likeness (QED) is 0.812. The molecule has 0 spiro atoms. The monoisotopic (exact) mass is 212 g/mol. The third-order valence-corrected chi connectivity index (χ3v) is 1.79. The number of hydrogen-bond acceptors (Lipinski definition) is 2. The molecule has 1 heterocycles. The van der Waals surface area contributed by atoms with Crippen LogP contribution in [0.15, 0.2) is 29.5 Å². The fraction of sp³-hybridized carbons (Fsp3) is 0.125. The smallest absolute Gasteiger partial charge is 0.0410 e. The van der Waals surface area contributed by atoms with Crippen molar-refractivity contribution in [3.63, 3.8) is 0 Å². The fourth-order valence-electron chi connectivity index (χ4n) is 0.721. The van der Waals surface area contributed by atoms with Crippen molar-refractivity contribution in [2.45, 2.75) is 0 Å². The van der Waals surface area contributed by atoms with Gasteiger partial charge in [0.15, 0.2) is 0 Å². The first-order valence-corrected chi connectivity index (χ1v) is 4.01. The Bertz CT molecular complexity index is 271. The molecule has 0 aliphatic rings. The van der Waals surface area contributed by atoms with Gasteiger partial charge in [0.2, 0.25) is 0 Å². The van der Waals surface area contributed by atoms with Gasteiger partial charge in [-0.15, -0.1) is 0 Å². The second-order valence-electron chi connectivity index (χ2n) is 2.12. The van der Waals surface area contributed by atoms with Gasteiger partial charge in [0, 0.05) is 35.2 Å². The number of rotatable bonds is 2. The molecule has 58 valence electrons. The zero-order chi connectivity index (χ0) is 8.27. The summed E-state index contributed by atoms with van der Waals surface area (Å²) in [6.45, 7) is 3.81. The van der Waals surface area contributed by atoms with E-state index in [-0.39, 0.29) is 0 Å². The van der Waals surface area contributed by atoms with E-state index in [1.165, 1.54) is 0 Å². The first kappa shape index (κ1) is 8.27. The number of hydrogen-bond donors (Lipinski definition) is 1. The Balaban J connectivity index is 2.96. The molecule has 1 aromatic heterocycles. The van der Waals surface area contributed by atoms with Gasteiger partial charge in [-0.1, -0.05) is 6.58 Å². The molecule has 0 radical (unpaired) electrons. The molecule has 0 aliphatic carbocycles. The normalized spacial score (nSPS) is 9.27. The van der Waals surface area contributed by atoms with Crippen molar-refractivity contribution < 1.29 is 0 Å². The first-order valence-electron chi connectivity index (χ1n) is 3.21. The Hall–Kier alpha value is -0.830. The summed E-state index contributed by atoms with van der Waals surface area (Å²) in [5.41, 5.74) is 1.88. The molecule has 1 N–H and O–H groups in total. The van der Waals surface area contributed by atoms with E-state index < -0.39 is 0 Å². The van der Waals surface area contributed by atoms with Gasteiger partial charge in [0.1, 0.15) is 0 Å². The highest BCUT2D eigenvalue weighted by Gasteiger charge is 1.95. The Labute approximate surface area is 74.5 Å². The van der Waals surface area contributed by atoms with Crippen LogP contribution in [0.1, 0.15) is 5.56 Å². The largest absolute Gasteiger partial charge is 0.388 e. The fourth-order valence-corrected chi connectivity index (χ4v) is 1.09. The number of pyridine rings is 1. The Morgan fingerprint density at radius 1 is 1.64 bits per heavy atom. The van der Waals surface area contributed by atoms with Crippen molar-refractivity contribution in [3.05, 3.63) is 35.1 Å². The number of nitrogens with zero attached hydrogens (tertiary/aromatic N) is 1. The predicted molar refractivity (Wildman–Crippen MR) is 50.0 cm³/mol. The lowest BCUT2D eigenvalue weighted by Crippen LogP contribution is -2.02. The highest BCUT2D eigenvalue weighted by Crippen LogP contribution is 2.13. The molecule has 0 saturated carbocycles. The van der Waals surface area contributed by atoms with E-state index in [4.69, 9.17) is 0 Å². The molecule has 0 aromatic carbocycles. The SMILES string of the molecule is C=C(NC)c1cncc(Br)c1. The van der Waals surface area contributed by atoms with E-state index in [0.29, 0.717) is 0 Å². The summed E-state index contributed by atoms with van der Waals surface area (Å²) in [4.78, 5) is 4.01. The van der Waals surface area contributed by atoms with Crippen molar-refractivity contribution in [1.82, 2.24) is 10.3 Å². The summed E-state index contributed by atoms with van der Waals surface area (Å²) in [5.74, 6) is 0. The van der Waals surface area contributed by atoms with Gasteiger partial charge in [-0.2, -0.15) is 0 Å². The standard InChI is InChI=1S/C8H9BrN2/c1-6(10-2)7-3-8(9)5-11-4-7/h3-5,10H,1H2,2H3. The first-order chi connectivity index (χ1) is 5.24. The average Bonchev–Trinajstić information content (AvgIpc) is 2.03. The zero-order valence-corrected chi connectivity index (χ0v) is 7.85. The van der Waals surface area contributed by atoms with E-state index in [0.717, 1.165) is 15.7 Å². The van der Waals surface area contributed by atoms with E-state index in [9.17, 15) is 0 Å². The second kappa shape index (κ2) is 3.53. The summed E-state index contributed by atoms with van der Waals surface area (Å²) in [5, 5.41) is 2.95. The van der Waals surface area contributed by atoms with Crippen LogP contribution in [-0.4, -0.2) is 12.0 Å². The molecule has 2 nitrogen and oxygen atoms in total. The Morgan fingerprint density at radius 3 is 2.91 bits per heavy atom. The van der Waals surface area contributed by atoms with Crippen molar-refractivity contribution in [2.24, 2.45) is 0 Å². The molecule has 0 atom stereocenters. The highest BCUT2D eigenvalue weighted by atomic mass is 79.9. The van der Waals surface area contributed by atoms with Crippen LogP contribution in [0.3, 0.4) is 0 Å². The van der Waals surface area contributed by atoms with Crippen LogP contribution in [0.5, 0.6) is 0 Å². The van der Waals surface area contributed by atoms with Gasteiger partial charge >= 0.3 is 0 Å². The van der Waals surface area contributed by atoms with Crippen molar-refractivity contribution in [1.29, 1.82) is 0 Å². The summed E-state index contributed by atoms with van der Waals surface area (Å²) in [6.07, 6.45) is 3.51. The zero-order valence-electron chi connectivity index (χ0n) is 6.26.